The minimum atomic E-state index is -1.06. The van der Waals surface area contributed by atoms with Crippen molar-refractivity contribution in [2.24, 2.45) is 10.2 Å². The molecule has 4 amide bonds. The van der Waals surface area contributed by atoms with E-state index in [1.807, 2.05) is 5.32 Å². The van der Waals surface area contributed by atoms with Gasteiger partial charge in [-0.3, -0.25) is 4.98 Å². The summed E-state index contributed by atoms with van der Waals surface area (Å²) in [7, 11) is 0. The van der Waals surface area contributed by atoms with Gasteiger partial charge in [-0.15, -0.1) is 0 Å². The summed E-state index contributed by atoms with van der Waals surface area (Å²) >= 11 is 0. The molecule has 0 saturated heterocycles. The third kappa shape index (κ3) is 5.23. The van der Waals surface area contributed by atoms with E-state index in [1.165, 1.54) is 0 Å². The van der Waals surface area contributed by atoms with Crippen molar-refractivity contribution in [1.82, 2.24) is 10.3 Å². The molecule has 0 fully saturated rings. The quantitative estimate of drug-likeness (QED) is 0.850. The molecule has 0 spiro atoms. The fourth-order valence-electron chi connectivity index (χ4n) is 1.54. The number of aromatic nitrogens is 1. The van der Waals surface area contributed by atoms with Crippen LogP contribution in [0.5, 0.6) is 0 Å². The van der Waals surface area contributed by atoms with Crippen LogP contribution in [0.15, 0.2) is 53.0 Å². The first kappa shape index (κ1) is 16.1. The van der Waals surface area contributed by atoms with Crippen molar-refractivity contribution >= 4 is 17.7 Å². The van der Waals surface area contributed by atoms with Crippen molar-refractivity contribution in [2.75, 3.05) is 5.32 Å². The molecule has 0 aliphatic carbocycles. The van der Waals surface area contributed by atoms with E-state index in [4.69, 9.17) is 0 Å². The smallest absolute Gasteiger partial charge is 0.331 e. The average molecular weight is 319 g/mol. The van der Waals surface area contributed by atoms with Crippen molar-refractivity contribution in [3.8, 4) is 0 Å². The Morgan fingerprint density at radius 2 is 1.91 bits per heavy atom. The molecule has 0 saturated carbocycles. The Bertz CT molecular complexity index is 737. The number of benzene rings is 1. The number of carbonyl (C=O) groups excluding carboxylic acids is 2. The number of azo groups is 1. The topological polar surface area (TPSA) is 95.8 Å². The van der Waals surface area contributed by atoms with Crippen LogP contribution in [0, 0.1) is 11.6 Å². The fourth-order valence-corrected chi connectivity index (χ4v) is 1.54. The Hall–Kier alpha value is -3.23. The van der Waals surface area contributed by atoms with Crippen molar-refractivity contribution in [3.63, 3.8) is 0 Å². The summed E-state index contributed by atoms with van der Waals surface area (Å²) in [5, 5.41) is 10.6. The molecular formula is C14H11F2N5O2. The normalized spacial score (nSPS) is 10.5. The highest BCUT2D eigenvalue weighted by atomic mass is 19.1. The van der Waals surface area contributed by atoms with E-state index >= 15 is 0 Å². The molecule has 7 nitrogen and oxygen atoms in total. The third-order valence-corrected chi connectivity index (χ3v) is 2.57. The number of halogens is 2. The minimum absolute atomic E-state index is 0.167. The molecule has 2 N–H and O–H groups in total. The van der Waals surface area contributed by atoms with Crippen LogP contribution >= 0.6 is 0 Å². The van der Waals surface area contributed by atoms with E-state index in [1.54, 1.807) is 24.5 Å². The molecule has 23 heavy (non-hydrogen) atoms. The number of rotatable bonds is 3. The molecule has 0 atom stereocenters. The number of carbonyl (C=O) groups is 2. The number of hydrogen-bond acceptors (Lipinski definition) is 3. The SMILES string of the molecule is O=C(/N=N/C(=O)Nc1ccc(F)cc1F)NCc1cccnc1. The van der Waals surface area contributed by atoms with Gasteiger partial charge in [0.15, 0.2) is 0 Å². The first-order valence-corrected chi connectivity index (χ1v) is 6.39. The van der Waals surface area contributed by atoms with Crippen LogP contribution in [0.4, 0.5) is 24.1 Å². The summed E-state index contributed by atoms with van der Waals surface area (Å²) in [6.45, 7) is 0.167. The lowest BCUT2D eigenvalue weighted by Crippen LogP contribution is -2.19. The van der Waals surface area contributed by atoms with Crippen molar-refractivity contribution in [1.29, 1.82) is 0 Å². The second kappa shape index (κ2) is 7.69. The van der Waals surface area contributed by atoms with Gasteiger partial charge in [0.2, 0.25) is 0 Å². The van der Waals surface area contributed by atoms with E-state index in [0.29, 0.717) is 6.07 Å². The molecule has 0 bridgehead atoms. The molecule has 9 heteroatoms. The maximum atomic E-state index is 13.3. The first-order valence-electron chi connectivity index (χ1n) is 6.39. The van der Waals surface area contributed by atoms with Gasteiger partial charge >= 0.3 is 12.1 Å². The van der Waals surface area contributed by atoms with E-state index in [0.717, 1.165) is 17.7 Å². The number of amides is 4. The summed E-state index contributed by atoms with van der Waals surface area (Å²) < 4.78 is 26.0. The van der Waals surface area contributed by atoms with Gasteiger partial charge in [0, 0.05) is 25.0 Å². The Morgan fingerprint density at radius 3 is 2.61 bits per heavy atom. The highest BCUT2D eigenvalue weighted by Gasteiger charge is 2.08. The van der Waals surface area contributed by atoms with Gasteiger partial charge in [-0.2, -0.15) is 0 Å². The standard InChI is InChI=1S/C14H11F2N5O2/c15-10-3-4-12(11(16)6-10)19-14(23)21-20-13(22)18-8-9-2-1-5-17-7-9/h1-7H,8H2,(H,18,22)(H,19,23)/b21-20+. The summed E-state index contributed by atoms with van der Waals surface area (Å²) in [6.07, 6.45) is 3.14. The minimum Gasteiger partial charge on any atom is -0.331 e. The Kier molecular flexibility index (Phi) is 5.40. The van der Waals surface area contributed by atoms with Crippen molar-refractivity contribution in [2.45, 2.75) is 6.54 Å². The second-order valence-electron chi connectivity index (χ2n) is 4.27. The van der Waals surface area contributed by atoms with E-state index in [-0.39, 0.29) is 12.2 Å². The Labute approximate surface area is 129 Å². The van der Waals surface area contributed by atoms with Crippen LogP contribution in [0.25, 0.3) is 0 Å². The molecule has 1 heterocycles. The zero-order chi connectivity index (χ0) is 16.7. The van der Waals surface area contributed by atoms with E-state index < -0.39 is 23.7 Å². The average Bonchev–Trinajstić information content (AvgIpc) is 2.54. The zero-order valence-electron chi connectivity index (χ0n) is 11.7. The van der Waals surface area contributed by atoms with Gasteiger partial charge < -0.3 is 10.6 Å². The monoisotopic (exact) mass is 319 g/mol. The van der Waals surface area contributed by atoms with E-state index in [2.05, 4.69) is 20.5 Å². The molecule has 0 unspecified atom stereocenters. The van der Waals surface area contributed by atoms with Crippen LogP contribution in [0.2, 0.25) is 0 Å². The number of nitrogens with zero attached hydrogens (tertiary/aromatic N) is 3. The summed E-state index contributed by atoms with van der Waals surface area (Å²) in [6, 6.07) is 4.14. The largest absolute Gasteiger partial charge is 0.364 e. The lowest BCUT2D eigenvalue weighted by atomic mass is 10.3. The summed E-state index contributed by atoms with van der Waals surface area (Å²) in [4.78, 5) is 26.7. The van der Waals surface area contributed by atoms with Crippen LogP contribution in [0.1, 0.15) is 5.56 Å². The summed E-state index contributed by atoms with van der Waals surface area (Å²) in [5.74, 6) is -1.74. The van der Waals surface area contributed by atoms with Crippen molar-refractivity contribution < 1.29 is 18.4 Å². The molecule has 1 aromatic heterocycles. The predicted octanol–water partition coefficient (Wildman–Crippen LogP) is 3.25. The van der Waals surface area contributed by atoms with Gasteiger partial charge in [0.25, 0.3) is 0 Å². The molecule has 0 aliphatic heterocycles. The number of anilines is 1. The lowest BCUT2D eigenvalue weighted by molar-refractivity contribution is 0.244. The number of nitrogens with one attached hydrogen (secondary N) is 2. The Balaban J connectivity index is 1.84. The van der Waals surface area contributed by atoms with Gasteiger partial charge in [0.05, 0.1) is 5.69 Å². The molecule has 0 aliphatic rings. The molecular weight excluding hydrogens is 308 g/mol. The molecule has 118 valence electrons. The van der Waals surface area contributed by atoms with Crippen LogP contribution in [0.3, 0.4) is 0 Å². The number of hydrogen-bond donors (Lipinski definition) is 2. The molecule has 1 aromatic carbocycles. The third-order valence-electron chi connectivity index (χ3n) is 2.57. The molecule has 2 rings (SSSR count). The van der Waals surface area contributed by atoms with E-state index in [9.17, 15) is 18.4 Å². The molecule has 0 radical (unpaired) electrons. The van der Waals surface area contributed by atoms with Crippen LogP contribution in [-0.2, 0) is 6.54 Å². The zero-order valence-corrected chi connectivity index (χ0v) is 11.7. The first-order chi connectivity index (χ1) is 11.0. The van der Waals surface area contributed by atoms with Crippen LogP contribution in [-0.4, -0.2) is 17.0 Å². The van der Waals surface area contributed by atoms with Crippen molar-refractivity contribution in [3.05, 3.63) is 59.9 Å². The lowest BCUT2D eigenvalue weighted by Gasteiger charge is -2.02. The molecule has 2 aromatic rings. The summed E-state index contributed by atoms with van der Waals surface area (Å²) in [5.41, 5.74) is 0.472. The number of pyridine rings is 1. The predicted molar refractivity (Wildman–Crippen MR) is 76.7 cm³/mol. The highest BCUT2D eigenvalue weighted by molar-refractivity contribution is 5.90. The highest BCUT2D eigenvalue weighted by Crippen LogP contribution is 2.14. The van der Waals surface area contributed by atoms with Gasteiger partial charge in [0.1, 0.15) is 11.6 Å². The number of urea groups is 2. The fraction of sp³-hybridized carbons (Fsp3) is 0.0714. The van der Waals surface area contributed by atoms with Crippen LogP contribution < -0.4 is 10.6 Å². The van der Waals surface area contributed by atoms with Gasteiger partial charge in [-0.25, -0.2) is 18.4 Å². The van der Waals surface area contributed by atoms with Gasteiger partial charge in [-0.1, -0.05) is 16.3 Å². The van der Waals surface area contributed by atoms with Gasteiger partial charge in [-0.05, 0) is 23.8 Å². The second-order valence-corrected chi connectivity index (χ2v) is 4.27. The Morgan fingerprint density at radius 1 is 1.13 bits per heavy atom. The maximum absolute atomic E-state index is 13.3. The maximum Gasteiger partial charge on any atom is 0.364 e.